The smallest absolute Gasteiger partial charge is 0.272 e. The second-order valence-electron chi connectivity index (χ2n) is 3.77. The van der Waals surface area contributed by atoms with Gasteiger partial charge in [0, 0.05) is 16.5 Å². The highest BCUT2D eigenvalue weighted by Gasteiger charge is 2.14. The van der Waals surface area contributed by atoms with Gasteiger partial charge < -0.3 is 5.73 Å². The van der Waals surface area contributed by atoms with Gasteiger partial charge in [-0.15, -0.1) is 11.3 Å². The van der Waals surface area contributed by atoms with Crippen LogP contribution < -0.4 is 5.73 Å². The number of anilines is 1. The quantitative estimate of drug-likeness (QED) is 0.662. The van der Waals surface area contributed by atoms with Gasteiger partial charge in [0.1, 0.15) is 10.9 Å². The first-order valence-electron chi connectivity index (χ1n) is 5.07. The summed E-state index contributed by atoms with van der Waals surface area (Å²) in [4.78, 5) is 11.6. The third-order valence-corrected chi connectivity index (χ3v) is 3.66. The second kappa shape index (κ2) is 4.47. The molecule has 18 heavy (non-hydrogen) atoms. The summed E-state index contributed by atoms with van der Waals surface area (Å²) in [5.74, 6) is 0. The highest BCUT2D eigenvalue weighted by atomic mass is 32.1. The molecule has 1 heterocycles. The maximum absolute atomic E-state index is 10.9. The number of aryl methyl sites for hydroxylation is 1. The number of benzene rings is 1. The van der Waals surface area contributed by atoms with Crippen molar-refractivity contribution in [2.45, 2.75) is 6.92 Å². The van der Waals surface area contributed by atoms with E-state index < -0.39 is 4.92 Å². The zero-order valence-corrected chi connectivity index (χ0v) is 10.3. The van der Waals surface area contributed by atoms with Crippen molar-refractivity contribution in [3.05, 3.63) is 44.8 Å². The number of hydrogen-bond acceptors (Lipinski definition) is 5. The lowest BCUT2D eigenvalue weighted by molar-refractivity contribution is -0.385. The Hall–Kier alpha value is -2.39. The van der Waals surface area contributed by atoms with E-state index >= 15 is 0 Å². The molecule has 0 atom stereocenters. The number of nitriles is 1. The molecule has 0 amide bonds. The van der Waals surface area contributed by atoms with Crippen LogP contribution in [0.2, 0.25) is 0 Å². The molecule has 6 heteroatoms. The first-order chi connectivity index (χ1) is 8.52. The Balaban J connectivity index is 2.54. The van der Waals surface area contributed by atoms with Gasteiger partial charge in [0.15, 0.2) is 0 Å². The van der Waals surface area contributed by atoms with Crippen molar-refractivity contribution in [3.63, 3.8) is 0 Å². The van der Waals surface area contributed by atoms with Crippen molar-refractivity contribution in [2.75, 3.05) is 5.73 Å². The van der Waals surface area contributed by atoms with Gasteiger partial charge in [0.25, 0.3) is 5.69 Å². The minimum Gasteiger partial charge on any atom is -0.397 e. The first kappa shape index (κ1) is 12.1. The van der Waals surface area contributed by atoms with Crippen LogP contribution in [-0.4, -0.2) is 4.92 Å². The molecule has 0 saturated heterocycles. The van der Waals surface area contributed by atoms with Crippen LogP contribution in [-0.2, 0) is 0 Å². The van der Waals surface area contributed by atoms with Crippen molar-refractivity contribution >= 4 is 22.7 Å². The van der Waals surface area contributed by atoms with Crippen LogP contribution >= 0.6 is 11.3 Å². The molecule has 0 saturated carbocycles. The summed E-state index contributed by atoms with van der Waals surface area (Å²) in [6.45, 7) is 1.69. The predicted molar refractivity (Wildman–Crippen MR) is 70.3 cm³/mol. The van der Waals surface area contributed by atoms with E-state index in [1.54, 1.807) is 25.1 Å². The lowest BCUT2D eigenvalue weighted by Gasteiger charge is -2.00. The molecule has 2 N–H and O–H groups in total. The largest absolute Gasteiger partial charge is 0.397 e. The van der Waals surface area contributed by atoms with Gasteiger partial charge >= 0.3 is 0 Å². The van der Waals surface area contributed by atoms with Crippen LogP contribution in [0.5, 0.6) is 0 Å². The summed E-state index contributed by atoms with van der Waals surface area (Å²) in [6, 6.07) is 8.64. The number of rotatable bonds is 2. The number of nitrogen functional groups attached to an aromatic ring is 1. The average molecular weight is 259 g/mol. The molecular formula is C12H9N3O2S. The molecule has 0 radical (unpaired) electrons. The molecule has 1 aromatic carbocycles. The zero-order valence-electron chi connectivity index (χ0n) is 9.51. The van der Waals surface area contributed by atoms with Crippen LogP contribution in [0.1, 0.15) is 10.4 Å². The van der Waals surface area contributed by atoms with E-state index in [4.69, 9.17) is 11.0 Å². The molecule has 0 fully saturated rings. The van der Waals surface area contributed by atoms with Gasteiger partial charge in [-0.1, -0.05) is 12.1 Å². The molecule has 0 aliphatic carbocycles. The fourth-order valence-electron chi connectivity index (χ4n) is 1.59. The van der Waals surface area contributed by atoms with E-state index in [0.717, 1.165) is 4.88 Å². The summed E-state index contributed by atoms with van der Waals surface area (Å²) >= 11 is 1.23. The topological polar surface area (TPSA) is 93.0 Å². The Bertz CT molecular complexity index is 670. The van der Waals surface area contributed by atoms with Crippen LogP contribution in [0.3, 0.4) is 0 Å². The Morgan fingerprint density at radius 2 is 2.17 bits per heavy atom. The molecule has 90 valence electrons. The number of nitro groups is 1. The summed E-state index contributed by atoms with van der Waals surface area (Å²) in [5, 5.41) is 19.7. The molecule has 0 unspecified atom stereocenters. The van der Waals surface area contributed by atoms with Gasteiger partial charge in [0.2, 0.25) is 0 Å². The molecule has 1 aromatic heterocycles. The van der Waals surface area contributed by atoms with E-state index in [1.807, 2.05) is 6.07 Å². The molecular weight excluding hydrogens is 250 g/mol. The standard InChI is InChI=1S/C12H9N3O2S/c1-7-2-3-8(4-10(7)15(16)17)11-5-9(14)12(6-13)18-11/h2-5H,14H2,1H3. The SMILES string of the molecule is Cc1ccc(-c2cc(N)c(C#N)s2)cc1[N+](=O)[O-]. The Morgan fingerprint density at radius 1 is 1.44 bits per heavy atom. The van der Waals surface area contributed by atoms with Gasteiger partial charge in [-0.3, -0.25) is 10.1 Å². The molecule has 0 aliphatic rings. The molecule has 5 nitrogen and oxygen atoms in total. The van der Waals surface area contributed by atoms with E-state index in [9.17, 15) is 10.1 Å². The molecule has 0 bridgehead atoms. The van der Waals surface area contributed by atoms with Crippen molar-refractivity contribution in [2.24, 2.45) is 0 Å². The predicted octanol–water partition coefficient (Wildman–Crippen LogP) is 3.09. The highest BCUT2D eigenvalue weighted by Crippen LogP contribution is 2.34. The van der Waals surface area contributed by atoms with Crippen LogP contribution in [0.25, 0.3) is 10.4 Å². The lowest BCUT2D eigenvalue weighted by Crippen LogP contribution is -1.91. The van der Waals surface area contributed by atoms with E-state index in [1.165, 1.54) is 17.4 Å². The number of thiophene rings is 1. The maximum atomic E-state index is 10.9. The molecule has 0 spiro atoms. The number of nitro benzene ring substituents is 1. The number of hydrogen-bond donors (Lipinski definition) is 1. The second-order valence-corrected chi connectivity index (χ2v) is 4.82. The maximum Gasteiger partial charge on any atom is 0.272 e. The Labute approximate surface area is 107 Å². The van der Waals surface area contributed by atoms with E-state index in [2.05, 4.69) is 0 Å². The normalized spacial score (nSPS) is 10.0. The van der Waals surface area contributed by atoms with Crippen LogP contribution in [0.4, 0.5) is 11.4 Å². The van der Waals surface area contributed by atoms with Crippen molar-refractivity contribution in [1.82, 2.24) is 0 Å². The summed E-state index contributed by atoms with van der Waals surface area (Å²) < 4.78 is 0. The van der Waals surface area contributed by atoms with E-state index in [-0.39, 0.29) is 5.69 Å². The molecule has 0 aliphatic heterocycles. The van der Waals surface area contributed by atoms with Gasteiger partial charge in [-0.25, -0.2) is 0 Å². The van der Waals surface area contributed by atoms with Gasteiger partial charge in [-0.2, -0.15) is 5.26 Å². The number of nitrogens with two attached hydrogens (primary N) is 1. The van der Waals surface area contributed by atoms with Crippen molar-refractivity contribution in [3.8, 4) is 16.5 Å². The van der Waals surface area contributed by atoms with Gasteiger partial charge in [-0.05, 0) is 18.6 Å². The third kappa shape index (κ3) is 2.04. The van der Waals surface area contributed by atoms with Crippen LogP contribution in [0.15, 0.2) is 24.3 Å². The van der Waals surface area contributed by atoms with Gasteiger partial charge in [0.05, 0.1) is 10.6 Å². The average Bonchev–Trinajstić information content (AvgIpc) is 2.70. The lowest BCUT2D eigenvalue weighted by atomic mass is 10.1. The summed E-state index contributed by atoms with van der Waals surface area (Å²) in [7, 11) is 0. The zero-order chi connectivity index (χ0) is 13.3. The van der Waals surface area contributed by atoms with Crippen LogP contribution in [0, 0.1) is 28.4 Å². The first-order valence-corrected chi connectivity index (χ1v) is 5.89. The fraction of sp³-hybridized carbons (Fsp3) is 0.0833. The Kier molecular flexibility index (Phi) is 3.00. The summed E-state index contributed by atoms with van der Waals surface area (Å²) in [5.41, 5.74) is 7.45. The highest BCUT2D eigenvalue weighted by molar-refractivity contribution is 7.16. The monoisotopic (exact) mass is 259 g/mol. The summed E-state index contributed by atoms with van der Waals surface area (Å²) in [6.07, 6.45) is 0. The Morgan fingerprint density at radius 3 is 2.72 bits per heavy atom. The minimum absolute atomic E-state index is 0.0676. The molecule has 2 aromatic rings. The van der Waals surface area contributed by atoms with E-state index in [0.29, 0.717) is 21.7 Å². The fourth-order valence-corrected chi connectivity index (χ4v) is 2.47. The third-order valence-electron chi connectivity index (χ3n) is 2.55. The van der Waals surface area contributed by atoms with Crippen molar-refractivity contribution < 1.29 is 4.92 Å². The molecule has 2 rings (SSSR count). The van der Waals surface area contributed by atoms with Crippen molar-refractivity contribution in [1.29, 1.82) is 5.26 Å². The minimum atomic E-state index is -0.416. The number of nitrogens with zero attached hydrogens (tertiary/aromatic N) is 2.